The Morgan fingerprint density at radius 1 is 1.05 bits per heavy atom. The van der Waals surface area contributed by atoms with Crippen LogP contribution in [0.3, 0.4) is 0 Å². The van der Waals surface area contributed by atoms with Gasteiger partial charge in [0.15, 0.2) is 17.4 Å². The maximum absolute atomic E-state index is 13.6. The first-order valence-electron chi connectivity index (χ1n) is 6.39. The number of carbonyl (C=O) groups excluding carboxylic acids is 1. The summed E-state index contributed by atoms with van der Waals surface area (Å²) in [6, 6.07) is 1.48. The fraction of sp³-hybridized carbons (Fsp3) is 0.500. The second-order valence-electron chi connectivity index (χ2n) is 5.21. The number of benzene rings is 1. The molecule has 2 atom stereocenters. The summed E-state index contributed by atoms with van der Waals surface area (Å²) < 4.78 is 45.9. The van der Waals surface area contributed by atoms with Crippen LogP contribution in [0.25, 0.3) is 0 Å². The monoisotopic (exact) mass is 270 g/mol. The van der Waals surface area contributed by atoms with Gasteiger partial charge in [0.1, 0.15) is 5.82 Å². The molecule has 0 aliphatic carbocycles. The summed E-state index contributed by atoms with van der Waals surface area (Å²) in [5, 5.41) is 0. The summed E-state index contributed by atoms with van der Waals surface area (Å²) in [6.45, 7) is 0. The minimum atomic E-state index is -1.39. The molecular weight excluding hydrogens is 257 g/mol. The first-order chi connectivity index (χ1) is 9.06. The molecule has 102 valence electrons. The molecule has 0 N–H and O–H groups in total. The van der Waals surface area contributed by atoms with Gasteiger partial charge in [0.2, 0.25) is 0 Å². The number of ether oxygens (including phenoxy) is 1. The van der Waals surface area contributed by atoms with Crippen molar-refractivity contribution >= 4 is 5.78 Å². The lowest BCUT2D eigenvalue weighted by Crippen LogP contribution is -2.31. The topological polar surface area (TPSA) is 26.3 Å². The van der Waals surface area contributed by atoms with Gasteiger partial charge in [-0.2, -0.15) is 0 Å². The summed E-state index contributed by atoms with van der Waals surface area (Å²) in [7, 11) is 0. The van der Waals surface area contributed by atoms with Crippen molar-refractivity contribution in [3.8, 4) is 0 Å². The van der Waals surface area contributed by atoms with E-state index in [-0.39, 0.29) is 12.2 Å². The molecule has 2 aliphatic heterocycles. The molecule has 0 saturated carbocycles. The van der Waals surface area contributed by atoms with E-state index in [0.717, 1.165) is 18.9 Å². The number of carbonyl (C=O) groups is 1. The van der Waals surface area contributed by atoms with E-state index in [1.807, 2.05) is 0 Å². The Bertz CT molecular complexity index is 518. The highest BCUT2D eigenvalue weighted by molar-refractivity contribution is 5.98. The Morgan fingerprint density at radius 3 is 2.26 bits per heavy atom. The Labute approximate surface area is 108 Å². The molecule has 1 aromatic rings. The normalized spacial score (nSPS) is 29.5. The van der Waals surface area contributed by atoms with Crippen molar-refractivity contribution < 1.29 is 22.7 Å². The zero-order valence-corrected chi connectivity index (χ0v) is 10.2. The van der Waals surface area contributed by atoms with Gasteiger partial charge in [-0.1, -0.05) is 0 Å². The van der Waals surface area contributed by atoms with E-state index in [2.05, 4.69) is 0 Å². The number of Topliss-reactive ketones (excluding diaryl/α,β-unsaturated/α-hetero) is 1. The molecule has 0 aromatic heterocycles. The molecule has 2 nitrogen and oxygen atoms in total. The maximum Gasteiger partial charge on any atom is 0.172 e. The number of rotatable bonds is 2. The van der Waals surface area contributed by atoms with Gasteiger partial charge >= 0.3 is 0 Å². The molecule has 5 heteroatoms. The van der Waals surface area contributed by atoms with Crippen LogP contribution in [0, 0.1) is 23.4 Å². The van der Waals surface area contributed by atoms with Crippen LogP contribution in [0.5, 0.6) is 0 Å². The molecule has 0 radical (unpaired) electrons. The standard InChI is InChI=1S/C14H13F3O2/c15-10-3-4-11(16)13(17)12(10)14(18)7-5-8-1-2-9(6-7)19-8/h3-4,7-9H,1-2,5-6H2. The van der Waals surface area contributed by atoms with Gasteiger partial charge in [0.05, 0.1) is 17.8 Å². The third kappa shape index (κ3) is 2.16. The van der Waals surface area contributed by atoms with Crippen molar-refractivity contribution in [3.63, 3.8) is 0 Å². The van der Waals surface area contributed by atoms with Gasteiger partial charge in [-0.3, -0.25) is 4.79 Å². The van der Waals surface area contributed by atoms with Crippen molar-refractivity contribution in [3.05, 3.63) is 35.1 Å². The van der Waals surface area contributed by atoms with Crippen LogP contribution in [-0.2, 0) is 4.74 Å². The van der Waals surface area contributed by atoms with Crippen LogP contribution >= 0.6 is 0 Å². The van der Waals surface area contributed by atoms with Crippen LogP contribution in [0.15, 0.2) is 12.1 Å². The third-order valence-electron chi connectivity index (χ3n) is 3.95. The first kappa shape index (κ1) is 12.7. The van der Waals surface area contributed by atoms with Crippen LogP contribution in [0.1, 0.15) is 36.0 Å². The molecule has 0 spiro atoms. The lowest BCUT2D eigenvalue weighted by Gasteiger charge is -2.27. The second kappa shape index (κ2) is 4.63. The molecule has 1 aromatic carbocycles. The van der Waals surface area contributed by atoms with E-state index in [0.29, 0.717) is 18.9 Å². The van der Waals surface area contributed by atoms with Crippen LogP contribution in [-0.4, -0.2) is 18.0 Å². The zero-order chi connectivity index (χ0) is 13.6. The molecule has 3 rings (SSSR count). The predicted octanol–water partition coefficient (Wildman–Crippen LogP) is 3.24. The molecule has 2 heterocycles. The van der Waals surface area contributed by atoms with Gasteiger partial charge in [-0.15, -0.1) is 0 Å². The average molecular weight is 270 g/mol. The van der Waals surface area contributed by atoms with Crippen LogP contribution in [0.2, 0.25) is 0 Å². The molecular formula is C14H13F3O2. The highest BCUT2D eigenvalue weighted by atomic mass is 19.2. The van der Waals surface area contributed by atoms with Crippen LogP contribution in [0.4, 0.5) is 13.2 Å². The van der Waals surface area contributed by atoms with Crippen molar-refractivity contribution in [1.82, 2.24) is 0 Å². The summed E-state index contributed by atoms with van der Waals surface area (Å²) >= 11 is 0. The first-order valence-corrected chi connectivity index (χ1v) is 6.39. The Kier molecular flexibility index (Phi) is 3.09. The molecule has 2 bridgehead atoms. The smallest absolute Gasteiger partial charge is 0.172 e. The molecule has 2 fully saturated rings. The number of halogens is 3. The second-order valence-corrected chi connectivity index (χ2v) is 5.21. The molecule has 2 aliphatic rings. The Morgan fingerprint density at radius 2 is 1.63 bits per heavy atom. The van der Waals surface area contributed by atoms with Gasteiger partial charge < -0.3 is 4.74 Å². The summed E-state index contributed by atoms with van der Waals surface area (Å²) in [5.74, 6) is -4.70. The summed E-state index contributed by atoms with van der Waals surface area (Å²) in [4.78, 5) is 12.2. The number of hydrogen-bond donors (Lipinski definition) is 0. The maximum atomic E-state index is 13.6. The van der Waals surface area contributed by atoms with Crippen molar-refractivity contribution in [2.75, 3.05) is 0 Å². The lowest BCUT2D eigenvalue weighted by molar-refractivity contribution is -0.0151. The van der Waals surface area contributed by atoms with E-state index in [1.165, 1.54) is 0 Å². The van der Waals surface area contributed by atoms with Gasteiger partial charge in [0.25, 0.3) is 0 Å². The number of ketones is 1. The number of hydrogen-bond acceptors (Lipinski definition) is 2. The molecule has 19 heavy (non-hydrogen) atoms. The van der Waals surface area contributed by atoms with E-state index >= 15 is 0 Å². The highest BCUT2D eigenvalue weighted by Crippen LogP contribution is 2.37. The zero-order valence-electron chi connectivity index (χ0n) is 10.2. The quantitative estimate of drug-likeness (QED) is 0.609. The predicted molar refractivity (Wildman–Crippen MR) is 61.3 cm³/mol. The van der Waals surface area contributed by atoms with E-state index in [4.69, 9.17) is 4.74 Å². The van der Waals surface area contributed by atoms with E-state index < -0.39 is 34.7 Å². The molecule has 2 saturated heterocycles. The molecule has 2 unspecified atom stereocenters. The SMILES string of the molecule is O=C(c1c(F)ccc(F)c1F)C1CC2CCC(C1)O2. The molecule has 0 amide bonds. The van der Waals surface area contributed by atoms with Gasteiger partial charge in [-0.25, -0.2) is 13.2 Å². The minimum Gasteiger partial charge on any atom is -0.375 e. The van der Waals surface area contributed by atoms with Crippen molar-refractivity contribution in [1.29, 1.82) is 0 Å². The van der Waals surface area contributed by atoms with Crippen LogP contribution < -0.4 is 0 Å². The lowest BCUT2D eigenvalue weighted by atomic mass is 9.87. The van der Waals surface area contributed by atoms with Gasteiger partial charge in [0, 0.05) is 5.92 Å². The summed E-state index contributed by atoms with van der Waals surface area (Å²) in [6.07, 6.45) is 2.67. The van der Waals surface area contributed by atoms with Gasteiger partial charge in [-0.05, 0) is 37.8 Å². The highest BCUT2D eigenvalue weighted by Gasteiger charge is 2.39. The van der Waals surface area contributed by atoms with E-state index in [1.54, 1.807) is 0 Å². The fourth-order valence-corrected chi connectivity index (χ4v) is 3.03. The fourth-order valence-electron chi connectivity index (χ4n) is 3.03. The Hall–Kier alpha value is -1.36. The number of fused-ring (bicyclic) bond motifs is 2. The average Bonchev–Trinajstić information content (AvgIpc) is 2.73. The van der Waals surface area contributed by atoms with E-state index in [9.17, 15) is 18.0 Å². The third-order valence-corrected chi connectivity index (χ3v) is 3.95. The van der Waals surface area contributed by atoms with Crippen molar-refractivity contribution in [2.24, 2.45) is 5.92 Å². The largest absolute Gasteiger partial charge is 0.375 e. The Balaban J connectivity index is 1.90. The summed E-state index contributed by atoms with van der Waals surface area (Å²) in [5.41, 5.74) is -0.744. The minimum absolute atomic E-state index is 0.00705. The van der Waals surface area contributed by atoms with Crippen molar-refractivity contribution in [2.45, 2.75) is 37.9 Å².